The number of likely N-dealkylation sites (N-methyl/N-ethyl adjacent to an activating group) is 1. The van der Waals surface area contributed by atoms with E-state index in [1.54, 1.807) is 6.20 Å². The van der Waals surface area contributed by atoms with Crippen LogP contribution in [0.1, 0.15) is 30.0 Å². The lowest BCUT2D eigenvalue weighted by molar-refractivity contribution is 0.410. The number of nitrogens with zero attached hydrogens (tertiary/aromatic N) is 3. The summed E-state index contributed by atoms with van der Waals surface area (Å²) in [6.07, 6.45) is 4.26. The second-order valence-electron chi connectivity index (χ2n) is 6.60. The van der Waals surface area contributed by atoms with E-state index in [2.05, 4.69) is 20.2 Å². The van der Waals surface area contributed by atoms with Crippen LogP contribution in [-0.4, -0.2) is 55.2 Å². The fraction of sp³-hybridized carbons (Fsp3) is 0.714. The SMILES string of the molecule is CN1C[C@@H]2c3nc(NCC4CC4)ncc3CS(=O)(=O)[C@@H]2C1. The molecule has 1 saturated heterocycles. The Morgan fingerprint density at radius 2 is 2.19 bits per heavy atom. The zero-order valence-electron chi connectivity index (χ0n) is 12.1. The summed E-state index contributed by atoms with van der Waals surface area (Å²) in [5.74, 6) is 1.48. The molecule has 1 aromatic rings. The van der Waals surface area contributed by atoms with Gasteiger partial charge in [-0.2, -0.15) is 0 Å². The molecule has 0 spiro atoms. The van der Waals surface area contributed by atoms with Gasteiger partial charge in [-0.15, -0.1) is 0 Å². The van der Waals surface area contributed by atoms with E-state index in [4.69, 9.17) is 0 Å². The van der Waals surface area contributed by atoms with E-state index >= 15 is 0 Å². The Balaban J connectivity index is 1.66. The van der Waals surface area contributed by atoms with Crippen molar-refractivity contribution in [2.45, 2.75) is 29.8 Å². The zero-order valence-corrected chi connectivity index (χ0v) is 12.9. The van der Waals surface area contributed by atoms with Gasteiger partial charge in [0.05, 0.1) is 16.7 Å². The van der Waals surface area contributed by atoms with Gasteiger partial charge < -0.3 is 10.2 Å². The van der Waals surface area contributed by atoms with Crippen LogP contribution in [0, 0.1) is 5.92 Å². The van der Waals surface area contributed by atoms with Crippen molar-refractivity contribution in [2.24, 2.45) is 5.92 Å². The van der Waals surface area contributed by atoms with E-state index < -0.39 is 9.84 Å². The van der Waals surface area contributed by atoms with E-state index in [9.17, 15) is 8.42 Å². The lowest BCUT2D eigenvalue weighted by Crippen LogP contribution is -2.35. The first-order chi connectivity index (χ1) is 10.0. The standard InChI is InChI=1S/C14H20N4O2S/c1-18-6-11-12(7-18)21(19,20)8-10-5-16-14(17-13(10)11)15-4-9-2-3-9/h5,9,11-12H,2-4,6-8H2,1H3,(H,15,16,17)/t11-,12+/m0/s1. The Bertz CT molecular complexity index is 672. The van der Waals surface area contributed by atoms with Gasteiger partial charge in [0.15, 0.2) is 9.84 Å². The molecule has 0 radical (unpaired) electrons. The Labute approximate surface area is 124 Å². The summed E-state index contributed by atoms with van der Waals surface area (Å²) in [6, 6.07) is 0. The molecule has 2 atom stereocenters. The molecule has 0 aromatic carbocycles. The smallest absolute Gasteiger partial charge is 0.222 e. The van der Waals surface area contributed by atoms with Gasteiger partial charge in [-0.25, -0.2) is 18.4 Å². The molecule has 0 bridgehead atoms. The number of rotatable bonds is 3. The number of anilines is 1. The minimum Gasteiger partial charge on any atom is -0.354 e. The second-order valence-corrected chi connectivity index (χ2v) is 8.82. The number of likely N-dealkylation sites (tertiary alicyclic amines) is 1. The normalized spacial score (nSPS) is 30.7. The average Bonchev–Trinajstić information content (AvgIpc) is 3.17. The number of sulfone groups is 1. The third kappa shape index (κ3) is 2.42. The van der Waals surface area contributed by atoms with Crippen LogP contribution in [0.5, 0.6) is 0 Å². The third-order valence-electron chi connectivity index (χ3n) is 4.76. The molecule has 1 aliphatic carbocycles. The Morgan fingerprint density at radius 3 is 2.95 bits per heavy atom. The highest BCUT2D eigenvalue weighted by Crippen LogP contribution is 2.38. The summed E-state index contributed by atoms with van der Waals surface area (Å²) < 4.78 is 24.8. The minimum absolute atomic E-state index is 0.00627. The maximum Gasteiger partial charge on any atom is 0.222 e. The molecule has 1 saturated carbocycles. The first kappa shape index (κ1) is 13.5. The van der Waals surface area contributed by atoms with Gasteiger partial charge in [-0.3, -0.25) is 0 Å². The van der Waals surface area contributed by atoms with Crippen LogP contribution in [-0.2, 0) is 15.6 Å². The molecule has 0 amide bonds. The van der Waals surface area contributed by atoms with Gasteiger partial charge in [0.1, 0.15) is 0 Å². The van der Waals surface area contributed by atoms with Gasteiger partial charge in [0.2, 0.25) is 5.95 Å². The van der Waals surface area contributed by atoms with Gasteiger partial charge >= 0.3 is 0 Å². The Morgan fingerprint density at radius 1 is 1.38 bits per heavy atom. The first-order valence-corrected chi connectivity index (χ1v) is 9.24. The molecular formula is C14H20N4O2S. The number of fused-ring (bicyclic) bond motifs is 3. The summed E-state index contributed by atoms with van der Waals surface area (Å²) in [7, 11) is -1.10. The van der Waals surface area contributed by atoms with Crippen molar-refractivity contribution < 1.29 is 8.42 Å². The number of hydrogen-bond acceptors (Lipinski definition) is 6. The molecule has 114 valence electrons. The van der Waals surface area contributed by atoms with Crippen molar-refractivity contribution in [3.63, 3.8) is 0 Å². The van der Waals surface area contributed by atoms with Crippen molar-refractivity contribution in [3.05, 3.63) is 17.5 Å². The molecule has 6 nitrogen and oxygen atoms in total. The summed E-state index contributed by atoms with van der Waals surface area (Å²) >= 11 is 0. The van der Waals surface area contributed by atoms with E-state index in [0.717, 1.165) is 30.3 Å². The molecule has 3 aliphatic rings. The van der Waals surface area contributed by atoms with Crippen molar-refractivity contribution in [3.8, 4) is 0 Å². The van der Waals surface area contributed by atoms with Crippen molar-refractivity contribution in [1.29, 1.82) is 0 Å². The molecule has 2 fully saturated rings. The zero-order chi connectivity index (χ0) is 14.6. The highest BCUT2D eigenvalue weighted by Gasteiger charge is 2.46. The van der Waals surface area contributed by atoms with Gasteiger partial charge in [-0.1, -0.05) is 0 Å². The number of nitrogens with one attached hydrogen (secondary N) is 1. The summed E-state index contributed by atoms with van der Waals surface area (Å²) in [5, 5.41) is 2.98. The fourth-order valence-electron chi connectivity index (χ4n) is 3.41. The lowest BCUT2D eigenvalue weighted by Gasteiger charge is -2.26. The molecular weight excluding hydrogens is 288 g/mol. The van der Waals surface area contributed by atoms with Crippen LogP contribution >= 0.6 is 0 Å². The molecule has 21 heavy (non-hydrogen) atoms. The monoisotopic (exact) mass is 308 g/mol. The molecule has 3 heterocycles. The molecule has 1 aromatic heterocycles. The lowest BCUT2D eigenvalue weighted by atomic mass is 10.00. The maximum atomic E-state index is 12.4. The highest BCUT2D eigenvalue weighted by atomic mass is 32.2. The number of hydrogen-bond donors (Lipinski definition) is 1. The minimum atomic E-state index is -3.08. The van der Waals surface area contributed by atoms with Crippen molar-refractivity contribution in [1.82, 2.24) is 14.9 Å². The summed E-state index contributed by atoms with van der Waals surface area (Å²) in [4.78, 5) is 11.0. The van der Waals surface area contributed by atoms with E-state index in [0.29, 0.717) is 12.5 Å². The third-order valence-corrected chi connectivity index (χ3v) is 6.88. The maximum absolute atomic E-state index is 12.4. The average molecular weight is 308 g/mol. The molecule has 2 aliphatic heterocycles. The fourth-order valence-corrected chi connectivity index (χ4v) is 5.47. The Hall–Kier alpha value is -1.21. The van der Waals surface area contributed by atoms with Crippen LogP contribution in [0.3, 0.4) is 0 Å². The van der Waals surface area contributed by atoms with Crippen LogP contribution in [0.4, 0.5) is 5.95 Å². The van der Waals surface area contributed by atoms with Gasteiger partial charge in [0, 0.05) is 37.3 Å². The largest absolute Gasteiger partial charge is 0.354 e. The topological polar surface area (TPSA) is 75.2 Å². The Kier molecular flexibility index (Phi) is 2.97. The quantitative estimate of drug-likeness (QED) is 0.882. The van der Waals surface area contributed by atoms with E-state index in [1.807, 2.05) is 7.05 Å². The van der Waals surface area contributed by atoms with E-state index in [1.165, 1.54) is 12.8 Å². The predicted molar refractivity (Wildman–Crippen MR) is 79.9 cm³/mol. The molecule has 1 N–H and O–H groups in total. The van der Waals surface area contributed by atoms with Crippen LogP contribution in [0.25, 0.3) is 0 Å². The van der Waals surface area contributed by atoms with Crippen molar-refractivity contribution in [2.75, 3.05) is 32.0 Å². The van der Waals surface area contributed by atoms with E-state index in [-0.39, 0.29) is 16.9 Å². The van der Waals surface area contributed by atoms with Crippen LogP contribution in [0.2, 0.25) is 0 Å². The molecule has 4 rings (SSSR count). The summed E-state index contributed by atoms with van der Waals surface area (Å²) in [6.45, 7) is 2.29. The highest BCUT2D eigenvalue weighted by molar-refractivity contribution is 7.91. The summed E-state index contributed by atoms with van der Waals surface area (Å²) in [5.41, 5.74) is 1.72. The second kappa shape index (κ2) is 4.64. The van der Waals surface area contributed by atoms with Crippen LogP contribution in [0.15, 0.2) is 6.20 Å². The van der Waals surface area contributed by atoms with Gasteiger partial charge in [0.25, 0.3) is 0 Å². The number of aromatic nitrogens is 2. The van der Waals surface area contributed by atoms with Crippen molar-refractivity contribution >= 4 is 15.8 Å². The predicted octanol–water partition coefficient (Wildman–Crippen LogP) is 0.624. The molecule has 0 unspecified atom stereocenters. The van der Waals surface area contributed by atoms with Crippen LogP contribution < -0.4 is 5.32 Å². The van der Waals surface area contributed by atoms with Gasteiger partial charge in [-0.05, 0) is 25.8 Å². The first-order valence-electron chi connectivity index (χ1n) is 7.53. The molecule has 7 heteroatoms.